The van der Waals surface area contributed by atoms with Crippen LogP contribution in [0.25, 0.3) is 0 Å². The van der Waals surface area contributed by atoms with Crippen LogP contribution in [0.1, 0.15) is 92.4 Å². The van der Waals surface area contributed by atoms with Gasteiger partial charge < -0.3 is 5.32 Å². The monoisotopic (exact) mass is 482 g/mol. The molecule has 0 radical (unpaired) electrons. The van der Waals surface area contributed by atoms with E-state index in [9.17, 15) is 19.2 Å². The van der Waals surface area contributed by atoms with Crippen LogP contribution < -0.4 is 5.32 Å². The van der Waals surface area contributed by atoms with Gasteiger partial charge in [-0.25, -0.2) is 4.39 Å². The van der Waals surface area contributed by atoms with Gasteiger partial charge in [-0.15, -0.1) is 0 Å². The second-order valence-corrected chi connectivity index (χ2v) is 13.8. The van der Waals surface area contributed by atoms with Crippen LogP contribution in [0.3, 0.4) is 0 Å². The van der Waals surface area contributed by atoms with E-state index in [1.807, 2.05) is 0 Å². The molecular formula is C30H43FN2O2. The molecule has 0 heterocycles. The van der Waals surface area contributed by atoms with E-state index < -0.39 is 12.1 Å². The van der Waals surface area contributed by atoms with Crippen LogP contribution >= 0.6 is 0 Å². The van der Waals surface area contributed by atoms with Gasteiger partial charge >= 0.3 is 0 Å². The molecule has 35 heavy (non-hydrogen) atoms. The Morgan fingerprint density at radius 3 is 2.43 bits per heavy atom. The van der Waals surface area contributed by atoms with Crippen molar-refractivity contribution in [1.29, 1.82) is 5.26 Å². The molecule has 5 heteroatoms. The van der Waals surface area contributed by atoms with Crippen molar-refractivity contribution in [2.24, 2.45) is 50.7 Å². The lowest BCUT2D eigenvalue weighted by atomic mass is 9.33. The fourth-order valence-corrected chi connectivity index (χ4v) is 10.9. The maximum atomic E-state index is 13.4. The van der Waals surface area contributed by atoms with Gasteiger partial charge in [-0.05, 0) is 91.3 Å². The van der Waals surface area contributed by atoms with Gasteiger partial charge in [0.15, 0.2) is 5.78 Å². The van der Waals surface area contributed by atoms with Crippen LogP contribution in [-0.2, 0) is 9.59 Å². The summed E-state index contributed by atoms with van der Waals surface area (Å²) >= 11 is 0. The zero-order chi connectivity index (χ0) is 25.4. The molecular weight excluding hydrogens is 439 g/mol. The third-order valence-corrected chi connectivity index (χ3v) is 12.6. The minimum Gasteiger partial charge on any atom is -0.353 e. The highest BCUT2D eigenvalue weighted by atomic mass is 19.1. The Balaban J connectivity index is 1.54. The standard InChI is InChI=1S/C30H43FN2O2/c1-26(2)22-10-12-29(5)23(27(22,3)17-19(18-32)24(26)34)9-8-20-21-7-6-11-30(21,14-13-28(20,29)4)25(35)33-16-15-31/h17,20-23H,6-16H2,1-5H3,(H,33,35)/t20?,21?,22?,23?,27?,28-,29-,30?/m1/s1. The van der Waals surface area contributed by atoms with E-state index in [1.54, 1.807) is 0 Å². The first kappa shape index (κ1) is 25.0. The summed E-state index contributed by atoms with van der Waals surface area (Å²) in [5.41, 5.74) is -0.445. The molecule has 0 saturated heterocycles. The van der Waals surface area contributed by atoms with E-state index in [0.717, 1.165) is 57.8 Å². The molecule has 5 rings (SSSR count). The van der Waals surface area contributed by atoms with Gasteiger partial charge in [0.1, 0.15) is 12.7 Å². The first-order valence-electron chi connectivity index (χ1n) is 13.9. The number of allylic oxidation sites excluding steroid dienone is 2. The van der Waals surface area contributed by atoms with Gasteiger partial charge in [0.25, 0.3) is 0 Å². The van der Waals surface area contributed by atoms with E-state index in [0.29, 0.717) is 23.3 Å². The van der Waals surface area contributed by atoms with Crippen LogP contribution in [0.2, 0.25) is 0 Å². The van der Waals surface area contributed by atoms with E-state index in [-0.39, 0.29) is 45.8 Å². The minimum absolute atomic E-state index is 0.0127. The van der Waals surface area contributed by atoms with Gasteiger partial charge in [0.2, 0.25) is 5.91 Å². The second kappa shape index (κ2) is 7.90. The summed E-state index contributed by atoms with van der Waals surface area (Å²) in [7, 11) is 0. The number of nitrogens with one attached hydrogen (secondary N) is 1. The Morgan fingerprint density at radius 1 is 1.00 bits per heavy atom. The lowest BCUT2D eigenvalue weighted by Crippen LogP contribution is -2.66. The van der Waals surface area contributed by atoms with Crippen molar-refractivity contribution >= 4 is 11.7 Å². The summed E-state index contributed by atoms with van der Waals surface area (Å²) in [4.78, 5) is 26.5. The third kappa shape index (κ3) is 3.01. The maximum Gasteiger partial charge on any atom is 0.226 e. The lowest BCUT2D eigenvalue weighted by molar-refractivity contribution is -0.215. The molecule has 0 aromatic carbocycles. The Kier molecular flexibility index (Phi) is 5.63. The fourth-order valence-electron chi connectivity index (χ4n) is 10.9. The Morgan fingerprint density at radius 2 is 1.74 bits per heavy atom. The van der Waals surface area contributed by atoms with Gasteiger partial charge in [0, 0.05) is 12.0 Å². The number of carbonyl (C=O) groups is 2. The highest BCUT2D eigenvalue weighted by Gasteiger charge is 2.70. The number of carbonyl (C=O) groups excluding carboxylic acids is 2. The number of hydrogen-bond donors (Lipinski definition) is 1. The van der Waals surface area contributed by atoms with Crippen molar-refractivity contribution in [3.63, 3.8) is 0 Å². The third-order valence-electron chi connectivity index (χ3n) is 12.6. The predicted molar refractivity (Wildman–Crippen MR) is 134 cm³/mol. The topological polar surface area (TPSA) is 70.0 Å². The number of halogens is 1. The van der Waals surface area contributed by atoms with Gasteiger partial charge in [0.05, 0.1) is 11.0 Å². The number of Topliss-reactive ketones (excluding diaryl/α,β-unsaturated/α-hetero) is 1. The summed E-state index contributed by atoms with van der Waals surface area (Å²) in [6.07, 6.45) is 11.4. The van der Waals surface area contributed by atoms with Crippen LogP contribution in [0.4, 0.5) is 4.39 Å². The molecule has 0 aromatic rings. The molecule has 4 nitrogen and oxygen atoms in total. The highest BCUT2D eigenvalue weighted by molar-refractivity contribution is 6.04. The molecule has 5 aliphatic rings. The van der Waals surface area contributed by atoms with Crippen molar-refractivity contribution in [2.75, 3.05) is 13.2 Å². The summed E-state index contributed by atoms with van der Waals surface area (Å²) in [6, 6.07) is 2.25. The number of nitriles is 1. The molecule has 4 fully saturated rings. The van der Waals surface area contributed by atoms with Gasteiger partial charge in [-0.2, -0.15) is 5.26 Å². The van der Waals surface area contributed by atoms with Crippen LogP contribution in [0, 0.1) is 62.1 Å². The zero-order valence-electron chi connectivity index (χ0n) is 22.3. The average molecular weight is 483 g/mol. The number of rotatable bonds is 3. The van der Waals surface area contributed by atoms with E-state index in [2.05, 4.69) is 52.1 Å². The smallest absolute Gasteiger partial charge is 0.226 e. The number of nitrogens with zero attached hydrogens (tertiary/aromatic N) is 1. The molecule has 1 N–H and O–H groups in total. The van der Waals surface area contributed by atoms with Gasteiger partial charge in [-0.3, -0.25) is 9.59 Å². The number of alkyl halides is 1. The molecule has 192 valence electrons. The first-order valence-corrected chi connectivity index (χ1v) is 13.9. The number of amides is 1. The molecule has 8 atom stereocenters. The molecule has 4 saturated carbocycles. The average Bonchev–Trinajstić information content (AvgIpc) is 3.26. The SMILES string of the molecule is CC1(C)C(=O)C(C#N)=CC2(C)C1CC[C@]1(C)C2CCC2C3CCCC3(C(=O)NCCF)CC[C@]21C. The number of ketones is 1. The Hall–Kier alpha value is -1.70. The van der Waals surface area contributed by atoms with Crippen molar-refractivity contribution < 1.29 is 14.0 Å². The molecule has 0 aliphatic heterocycles. The van der Waals surface area contributed by atoms with Crippen LogP contribution in [0.15, 0.2) is 11.6 Å². The molecule has 1 amide bonds. The molecule has 5 aliphatic carbocycles. The molecule has 0 aromatic heterocycles. The fraction of sp³-hybridized carbons (Fsp3) is 0.833. The van der Waals surface area contributed by atoms with Crippen molar-refractivity contribution in [2.45, 2.75) is 92.4 Å². The Bertz CT molecular complexity index is 1010. The van der Waals surface area contributed by atoms with Crippen LogP contribution in [0.5, 0.6) is 0 Å². The summed E-state index contributed by atoms with van der Waals surface area (Å²) in [5, 5.41) is 12.8. The number of fused-ring (bicyclic) bond motifs is 7. The zero-order valence-corrected chi connectivity index (χ0v) is 22.3. The van der Waals surface area contributed by atoms with E-state index >= 15 is 0 Å². The first-order chi connectivity index (χ1) is 16.4. The van der Waals surface area contributed by atoms with E-state index in [1.165, 1.54) is 0 Å². The lowest BCUT2D eigenvalue weighted by Gasteiger charge is -2.71. The van der Waals surface area contributed by atoms with Crippen molar-refractivity contribution in [3.05, 3.63) is 11.6 Å². The molecule has 0 spiro atoms. The summed E-state index contributed by atoms with van der Waals surface area (Å²) in [5.74, 6) is 1.64. The largest absolute Gasteiger partial charge is 0.353 e. The quantitative estimate of drug-likeness (QED) is 0.523. The van der Waals surface area contributed by atoms with Gasteiger partial charge in [-0.1, -0.05) is 47.1 Å². The Labute approximate surface area is 210 Å². The summed E-state index contributed by atoms with van der Waals surface area (Å²) in [6.45, 7) is 11.1. The second-order valence-electron chi connectivity index (χ2n) is 13.8. The number of hydrogen-bond acceptors (Lipinski definition) is 3. The maximum absolute atomic E-state index is 13.4. The molecule has 6 unspecified atom stereocenters. The molecule has 0 bridgehead atoms. The summed E-state index contributed by atoms with van der Waals surface area (Å²) < 4.78 is 12.9. The van der Waals surface area contributed by atoms with E-state index in [4.69, 9.17) is 0 Å². The van der Waals surface area contributed by atoms with Crippen molar-refractivity contribution in [1.82, 2.24) is 5.32 Å². The normalized spacial score (nSPS) is 47.9. The van der Waals surface area contributed by atoms with Crippen LogP contribution in [-0.4, -0.2) is 24.9 Å². The van der Waals surface area contributed by atoms with Crippen molar-refractivity contribution in [3.8, 4) is 6.07 Å². The highest BCUT2D eigenvalue weighted by Crippen LogP contribution is 2.76. The minimum atomic E-state index is -0.519. The predicted octanol–water partition coefficient (Wildman–Crippen LogP) is 6.17.